The molecule has 1 atom stereocenters. The Kier molecular flexibility index (Phi) is 7.90. The molecule has 7 heteroatoms. The zero-order chi connectivity index (χ0) is 17.2. The van der Waals surface area contributed by atoms with Crippen LogP contribution in [0.25, 0.3) is 0 Å². The molecular weight excluding hydrogens is 302 g/mol. The van der Waals surface area contributed by atoms with Gasteiger partial charge in [0.05, 0.1) is 13.7 Å². The fourth-order valence-electron chi connectivity index (χ4n) is 2.06. The number of para-hydroxylation sites is 1. The second-order valence-corrected chi connectivity index (χ2v) is 4.79. The van der Waals surface area contributed by atoms with Gasteiger partial charge >= 0.3 is 5.97 Å². The molecule has 1 amide bonds. The van der Waals surface area contributed by atoms with Crippen LogP contribution in [0, 0.1) is 0 Å². The van der Waals surface area contributed by atoms with Gasteiger partial charge in [0.2, 0.25) is 5.91 Å². The van der Waals surface area contributed by atoms with Crippen molar-refractivity contribution >= 4 is 11.9 Å². The van der Waals surface area contributed by atoms with E-state index in [1.807, 2.05) is 6.92 Å². The van der Waals surface area contributed by atoms with E-state index < -0.39 is 17.9 Å². The first-order valence-corrected chi connectivity index (χ1v) is 7.35. The van der Waals surface area contributed by atoms with Gasteiger partial charge in [0.15, 0.2) is 11.5 Å². The number of ether oxygens (including phenoxy) is 3. The smallest absolute Gasteiger partial charge is 0.326 e. The third-order valence-electron chi connectivity index (χ3n) is 3.06. The molecule has 0 heterocycles. The summed E-state index contributed by atoms with van der Waals surface area (Å²) in [7, 11) is 1.51. The van der Waals surface area contributed by atoms with Gasteiger partial charge in [0.25, 0.3) is 0 Å². The number of benzene rings is 1. The number of methoxy groups -OCH3 is 1. The first-order valence-electron chi connectivity index (χ1n) is 7.35. The molecule has 0 saturated heterocycles. The van der Waals surface area contributed by atoms with Crippen LogP contribution in [0.3, 0.4) is 0 Å². The van der Waals surface area contributed by atoms with E-state index in [0.717, 1.165) is 0 Å². The first-order chi connectivity index (χ1) is 11.0. The van der Waals surface area contributed by atoms with E-state index in [4.69, 9.17) is 14.2 Å². The predicted molar refractivity (Wildman–Crippen MR) is 83.9 cm³/mol. The number of carbonyl (C=O) groups is 2. The fraction of sp³-hybridized carbons (Fsp3) is 0.500. The van der Waals surface area contributed by atoms with Crippen molar-refractivity contribution in [3.63, 3.8) is 0 Å². The SMILES string of the molecule is CCOCCOc1c(CC(NC(C)=O)C(=O)O)cccc1OC. The molecule has 0 aliphatic rings. The summed E-state index contributed by atoms with van der Waals surface area (Å²) in [6.07, 6.45) is 0.0933. The van der Waals surface area contributed by atoms with Crippen LogP contribution in [0.1, 0.15) is 19.4 Å². The van der Waals surface area contributed by atoms with Crippen LogP contribution in [-0.4, -0.2) is 50.0 Å². The Hall–Kier alpha value is -2.28. The standard InChI is InChI=1S/C16H23NO6/c1-4-22-8-9-23-15-12(6-5-7-14(15)21-3)10-13(16(19)20)17-11(2)18/h5-7,13H,4,8-10H2,1-3H3,(H,17,18)(H,19,20). The van der Waals surface area contributed by atoms with Gasteiger partial charge in [-0.1, -0.05) is 12.1 Å². The monoisotopic (exact) mass is 325 g/mol. The molecule has 0 radical (unpaired) electrons. The highest BCUT2D eigenvalue weighted by Crippen LogP contribution is 2.32. The van der Waals surface area contributed by atoms with Crippen molar-refractivity contribution in [2.45, 2.75) is 26.3 Å². The molecule has 0 aromatic heterocycles. The normalized spacial score (nSPS) is 11.6. The molecule has 0 saturated carbocycles. The average molecular weight is 325 g/mol. The zero-order valence-corrected chi connectivity index (χ0v) is 13.6. The second kappa shape index (κ2) is 9.68. The third-order valence-corrected chi connectivity index (χ3v) is 3.06. The molecule has 0 aliphatic heterocycles. The van der Waals surface area contributed by atoms with Gasteiger partial charge in [-0.05, 0) is 13.0 Å². The van der Waals surface area contributed by atoms with Crippen LogP contribution < -0.4 is 14.8 Å². The van der Waals surface area contributed by atoms with Gasteiger partial charge in [-0.3, -0.25) is 4.79 Å². The lowest BCUT2D eigenvalue weighted by atomic mass is 10.0. The van der Waals surface area contributed by atoms with Gasteiger partial charge in [-0.15, -0.1) is 0 Å². The van der Waals surface area contributed by atoms with E-state index in [0.29, 0.717) is 36.9 Å². The number of aliphatic carboxylic acids is 1. The molecular formula is C16H23NO6. The van der Waals surface area contributed by atoms with Gasteiger partial charge in [0.1, 0.15) is 12.6 Å². The van der Waals surface area contributed by atoms with Crippen molar-refractivity contribution in [1.82, 2.24) is 5.32 Å². The molecule has 128 valence electrons. The molecule has 1 unspecified atom stereocenters. The number of carboxylic acids is 1. The van der Waals surface area contributed by atoms with E-state index in [-0.39, 0.29) is 6.42 Å². The maximum atomic E-state index is 11.3. The second-order valence-electron chi connectivity index (χ2n) is 4.79. The highest BCUT2D eigenvalue weighted by Gasteiger charge is 2.22. The molecule has 23 heavy (non-hydrogen) atoms. The Labute approximate surface area is 135 Å². The maximum Gasteiger partial charge on any atom is 0.326 e. The minimum atomic E-state index is -1.11. The molecule has 0 bridgehead atoms. The van der Waals surface area contributed by atoms with E-state index in [2.05, 4.69) is 5.32 Å². The first kappa shape index (κ1) is 18.8. The van der Waals surface area contributed by atoms with E-state index in [1.165, 1.54) is 14.0 Å². The number of hydrogen-bond donors (Lipinski definition) is 2. The summed E-state index contributed by atoms with van der Waals surface area (Å²) >= 11 is 0. The van der Waals surface area contributed by atoms with Gasteiger partial charge in [-0.2, -0.15) is 0 Å². The van der Waals surface area contributed by atoms with E-state index in [1.54, 1.807) is 18.2 Å². The van der Waals surface area contributed by atoms with Gasteiger partial charge < -0.3 is 24.6 Å². The molecule has 1 aromatic rings. The highest BCUT2D eigenvalue weighted by molar-refractivity contribution is 5.82. The van der Waals surface area contributed by atoms with Crippen molar-refractivity contribution in [2.75, 3.05) is 26.9 Å². The Balaban J connectivity index is 2.94. The van der Waals surface area contributed by atoms with Crippen LogP contribution >= 0.6 is 0 Å². The number of carboxylic acid groups (broad SMARTS) is 1. The van der Waals surface area contributed by atoms with Crippen LogP contribution in [0.2, 0.25) is 0 Å². The lowest BCUT2D eigenvalue weighted by Crippen LogP contribution is -2.41. The highest BCUT2D eigenvalue weighted by atomic mass is 16.5. The van der Waals surface area contributed by atoms with Crippen molar-refractivity contribution in [3.8, 4) is 11.5 Å². The van der Waals surface area contributed by atoms with Crippen LogP contribution in [0.15, 0.2) is 18.2 Å². The summed E-state index contributed by atoms with van der Waals surface area (Å²) in [5, 5.41) is 11.6. The van der Waals surface area contributed by atoms with E-state index in [9.17, 15) is 14.7 Å². The summed E-state index contributed by atoms with van der Waals surface area (Å²) in [5.41, 5.74) is 0.641. The molecule has 7 nitrogen and oxygen atoms in total. The van der Waals surface area contributed by atoms with Crippen LogP contribution in [0.5, 0.6) is 11.5 Å². The number of hydrogen-bond acceptors (Lipinski definition) is 5. The lowest BCUT2D eigenvalue weighted by molar-refractivity contribution is -0.141. The Bertz CT molecular complexity index is 531. The van der Waals surface area contributed by atoms with Gasteiger partial charge in [-0.25, -0.2) is 4.79 Å². The summed E-state index contributed by atoms with van der Waals surface area (Å²) in [5.74, 6) is -0.542. The number of carbonyl (C=O) groups excluding carboxylic acids is 1. The minimum Gasteiger partial charge on any atom is -0.493 e. The predicted octanol–water partition coefficient (Wildman–Crippen LogP) is 1.24. The quantitative estimate of drug-likeness (QED) is 0.629. The molecule has 0 fully saturated rings. The molecule has 1 aromatic carbocycles. The Morgan fingerprint density at radius 2 is 2.04 bits per heavy atom. The molecule has 0 aliphatic carbocycles. The fourth-order valence-corrected chi connectivity index (χ4v) is 2.06. The van der Waals surface area contributed by atoms with Crippen molar-refractivity contribution in [3.05, 3.63) is 23.8 Å². The van der Waals surface area contributed by atoms with E-state index >= 15 is 0 Å². The van der Waals surface area contributed by atoms with Gasteiger partial charge in [0, 0.05) is 25.5 Å². The zero-order valence-electron chi connectivity index (χ0n) is 13.6. The lowest BCUT2D eigenvalue weighted by Gasteiger charge is -2.18. The topological polar surface area (TPSA) is 94.1 Å². The van der Waals surface area contributed by atoms with Crippen LogP contribution in [-0.2, 0) is 20.7 Å². The summed E-state index contributed by atoms with van der Waals surface area (Å²) in [4.78, 5) is 22.5. The maximum absolute atomic E-state index is 11.3. The Morgan fingerprint density at radius 1 is 1.30 bits per heavy atom. The molecule has 1 rings (SSSR count). The third kappa shape index (κ3) is 6.15. The van der Waals surface area contributed by atoms with Crippen molar-refractivity contribution in [1.29, 1.82) is 0 Å². The largest absolute Gasteiger partial charge is 0.493 e. The average Bonchev–Trinajstić information content (AvgIpc) is 2.51. The van der Waals surface area contributed by atoms with Crippen molar-refractivity contribution in [2.24, 2.45) is 0 Å². The van der Waals surface area contributed by atoms with Crippen LogP contribution in [0.4, 0.5) is 0 Å². The number of amides is 1. The minimum absolute atomic E-state index is 0.0933. The summed E-state index contributed by atoms with van der Waals surface area (Å²) in [6, 6.07) is 4.19. The molecule has 0 spiro atoms. The summed E-state index contributed by atoms with van der Waals surface area (Å²) in [6.45, 7) is 4.49. The summed E-state index contributed by atoms with van der Waals surface area (Å²) < 4.78 is 16.2. The molecule has 2 N–H and O–H groups in total. The van der Waals surface area contributed by atoms with Crippen molar-refractivity contribution < 1.29 is 28.9 Å². The number of rotatable bonds is 10. The Morgan fingerprint density at radius 3 is 2.61 bits per heavy atom. The number of nitrogens with one attached hydrogen (secondary N) is 1.